The molecular formula is C12H16N2O. The summed E-state index contributed by atoms with van der Waals surface area (Å²) in [5.74, 6) is 5.72. The highest BCUT2D eigenvalue weighted by atomic mass is 16.3. The lowest BCUT2D eigenvalue weighted by atomic mass is 9.82. The number of rotatable bonds is 1. The van der Waals surface area contributed by atoms with Crippen LogP contribution in [0, 0.1) is 11.8 Å². The number of aliphatic hydroxyl groups is 1. The molecule has 1 aliphatic carbocycles. The minimum absolute atomic E-state index is 0.478. The van der Waals surface area contributed by atoms with Gasteiger partial charge in [0.05, 0.1) is 6.33 Å². The van der Waals surface area contributed by atoms with Crippen molar-refractivity contribution in [2.45, 2.75) is 44.2 Å². The number of imidazole rings is 1. The lowest BCUT2D eigenvalue weighted by Gasteiger charge is -2.32. The van der Waals surface area contributed by atoms with Crippen LogP contribution in [0.25, 0.3) is 0 Å². The van der Waals surface area contributed by atoms with Crippen LogP contribution in [0.4, 0.5) is 0 Å². The van der Waals surface area contributed by atoms with E-state index in [1.165, 1.54) is 0 Å². The molecule has 1 fully saturated rings. The van der Waals surface area contributed by atoms with Crippen LogP contribution in [-0.2, 0) is 0 Å². The van der Waals surface area contributed by atoms with E-state index in [2.05, 4.69) is 21.4 Å². The molecule has 0 aromatic carbocycles. The van der Waals surface area contributed by atoms with Crippen LogP contribution in [-0.4, -0.2) is 20.3 Å². The zero-order valence-electron chi connectivity index (χ0n) is 8.98. The topological polar surface area (TPSA) is 38.0 Å². The Morgan fingerprint density at radius 1 is 1.47 bits per heavy atom. The highest BCUT2D eigenvalue weighted by Gasteiger charge is 2.31. The monoisotopic (exact) mass is 204 g/mol. The molecule has 15 heavy (non-hydrogen) atoms. The van der Waals surface area contributed by atoms with Crippen molar-refractivity contribution >= 4 is 0 Å². The van der Waals surface area contributed by atoms with E-state index >= 15 is 0 Å². The predicted octanol–water partition coefficient (Wildman–Crippen LogP) is 1.75. The van der Waals surface area contributed by atoms with E-state index in [9.17, 15) is 5.11 Å². The van der Waals surface area contributed by atoms with E-state index in [1.807, 2.05) is 12.5 Å². The summed E-state index contributed by atoms with van der Waals surface area (Å²) in [7, 11) is 0. The summed E-state index contributed by atoms with van der Waals surface area (Å²) in [6.45, 7) is 1.78. The first-order chi connectivity index (χ1) is 7.23. The van der Waals surface area contributed by atoms with Crippen LogP contribution in [0.15, 0.2) is 18.7 Å². The first kappa shape index (κ1) is 10.3. The van der Waals surface area contributed by atoms with Gasteiger partial charge in [0.2, 0.25) is 0 Å². The largest absolute Gasteiger partial charge is 0.378 e. The van der Waals surface area contributed by atoms with Crippen molar-refractivity contribution in [3.05, 3.63) is 18.7 Å². The molecule has 0 aliphatic heterocycles. The van der Waals surface area contributed by atoms with Crippen LogP contribution in [0.1, 0.15) is 38.6 Å². The van der Waals surface area contributed by atoms with Crippen LogP contribution in [0.2, 0.25) is 0 Å². The fourth-order valence-corrected chi connectivity index (χ4v) is 2.22. The number of hydrogen-bond donors (Lipinski definition) is 1. The standard InChI is InChI=1S/C12H16N2O/c1-2-5-12(15)6-3-11(4-7-12)14-9-8-13-10-14/h8-11,15H,3-4,6-7H2,1H3. The summed E-state index contributed by atoms with van der Waals surface area (Å²) in [6.07, 6.45) is 9.10. The third kappa shape index (κ3) is 2.21. The third-order valence-electron chi connectivity index (χ3n) is 3.09. The molecule has 3 nitrogen and oxygen atoms in total. The molecule has 1 aliphatic rings. The van der Waals surface area contributed by atoms with Gasteiger partial charge in [-0.1, -0.05) is 5.92 Å². The fourth-order valence-electron chi connectivity index (χ4n) is 2.22. The van der Waals surface area contributed by atoms with E-state index in [0.717, 1.165) is 25.7 Å². The van der Waals surface area contributed by atoms with E-state index in [-0.39, 0.29) is 0 Å². The van der Waals surface area contributed by atoms with Crippen LogP contribution < -0.4 is 0 Å². The second kappa shape index (κ2) is 4.08. The lowest BCUT2D eigenvalue weighted by molar-refractivity contribution is 0.0461. The molecule has 0 saturated heterocycles. The van der Waals surface area contributed by atoms with E-state index in [1.54, 1.807) is 13.1 Å². The quantitative estimate of drug-likeness (QED) is 0.708. The van der Waals surface area contributed by atoms with Crippen molar-refractivity contribution in [2.24, 2.45) is 0 Å². The zero-order chi connectivity index (χ0) is 10.7. The maximum Gasteiger partial charge on any atom is 0.125 e. The minimum Gasteiger partial charge on any atom is -0.378 e. The van der Waals surface area contributed by atoms with Crippen molar-refractivity contribution in [3.63, 3.8) is 0 Å². The van der Waals surface area contributed by atoms with Crippen molar-refractivity contribution in [1.82, 2.24) is 9.55 Å². The van der Waals surface area contributed by atoms with Crippen molar-refractivity contribution < 1.29 is 5.11 Å². The zero-order valence-corrected chi connectivity index (χ0v) is 8.98. The second-order valence-electron chi connectivity index (χ2n) is 4.15. The molecule has 0 amide bonds. The summed E-state index contributed by atoms with van der Waals surface area (Å²) in [5, 5.41) is 10.1. The summed E-state index contributed by atoms with van der Waals surface area (Å²) in [5.41, 5.74) is -0.744. The fraction of sp³-hybridized carbons (Fsp3) is 0.583. The van der Waals surface area contributed by atoms with Gasteiger partial charge < -0.3 is 9.67 Å². The highest BCUT2D eigenvalue weighted by molar-refractivity contribution is 5.13. The van der Waals surface area contributed by atoms with Crippen molar-refractivity contribution in [1.29, 1.82) is 0 Å². The molecule has 1 saturated carbocycles. The Morgan fingerprint density at radius 2 is 2.20 bits per heavy atom. The molecule has 3 heteroatoms. The normalized spacial score (nSPS) is 30.7. The molecule has 0 radical (unpaired) electrons. The van der Waals surface area contributed by atoms with Gasteiger partial charge in [-0.15, -0.1) is 5.92 Å². The summed E-state index contributed by atoms with van der Waals surface area (Å²) >= 11 is 0. The maximum atomic E-state index is 10.1. The van der Waals surface area contributed by atoms with Gasteiger partial charge in [-0.2, -0.15) is 0 Å². The van der Waals surface area contributed by atoms with Gasteiger partial charge in [0.25, 0.3) is 0 Å². The smallest absolute Gasteiger partial charge is 0.125 e. The van der Waals surface area contributed by atoms with Gasteiger partial charge in [0.15, 0.2) is 0 Å². The first-order valence-corrected chi connectivity index (χ1v) is 5.37. The van der Waals surface area contributed by atoms with E-state index in [4.69, 9.17) is 0 Å². The lowest BCUT2D eigenvalue weighted by Crippen LogP contribution is -2.33. The Kier molecular flexibility index (Phi) is 2.79. The Balaban J connectivity index is 2.00. The van der Waals surface area contributed by atoms with Gasteiger partial charge >= 0.3 is 0 Å². The molecule has 80 valence electrons. The highest BCUT2D eigenvalue weighted by Crippen LogP contribution is 2.34. The van der Waals surface area contributed by atoms with Crippen molar-refractivity contribution in [2.75, 3.05) is 0 Å². The molecule has 1 N–H and O–H groups in total. The first-order valence-electron chi connectivity index (χ1n) is 5.37. The molecule has 2 rings (SSSR count). The van der Waals surface area contributed by atoms with Gasteiger partial charge in [-0.3, -0.25) is 0 Å². The molecule has 1 heterocycles. The summed E-state index contributed by atoms with van der Waals surface area (Å²) in [4.78, 5) is 4.04. The Hall–Kier alpha value is -1.27. The maximum absolute atomic E-state index is 10.1. The average Bonchev–Trinajstić information content (AvgIpc) is 2.72. The third-order valence-corrected chi connectivity index (χ3v) is 3.09. The Labute approximate surface area is 90.1 Å². The van der Waals surface area contributed by atoms with Gasteiger partial charge in [-0.25, -0.2) is 4.98 Å². The number of hydrogen-bond acceptors (Lipinski definition) is 2. The predicted molar refractivity (Wildman–Crippen MR) is 58.1 cm³/mol. The van der Waals surface area contributed by atoms with Gasteiger partial charge in [0, 0.05) is 18.4 Å². The van der Waals surface area contributed by atoms with Crippen LogP contribution in [0.5, 0.6) is 0 Å². The van der Waals surface area contributed by atoms with E-state index in [0.29, 0.717) is 6.04 Å². The Morgan fingerprint density at radius 3 is 2.73 bits per heavy atom. The Bertz CT molecular complexity index is 364. The molecule has 1 aromatic rings. The molecule has 0 bridgehead atoms. The average molecular weight is 204 g/mol. The summed E-state index contributed by atoms with van der Waals surface area (Å²) < 4.78 is 2.12. The number of nitrogens with zero attached hydrogens (tertiary/aromatic N) is 2. The number of aromatic nitrogens is 2. The van der Waals surface area contributed by atoms with Crippen molar-refractivity contribution in [3.8, 4) is 11.8 Å². The van der Waals surface area contributed by atoms with Crippen LogP contribution in [0.3, 0.4) is 0 Å². The molecule has 0 unspecified atom stereocenters. The minimum atomic E-state index is -0.744. The molecule has 0 spiro atoms. The molecule has 0 atom stereocenters. The molecular weight excluding hydrogens is 188 g/mol. The van der Waals surface area contributed by atoms with Gasteiger partial charge in [-0.05, 0) is 32.6 Å². The molecule has 1 aromatic heterocycles. The SMILES string of the molecule is CC#CC1(O)CCC(n2ccnc2)CC1. The van der Waals surface area contributed by atoms with E-state index < -0.39 is 5.60 Å². The summed E-state index contributed by atoms with van der Waals surface area (Å²) in [6, 6.07) is 0.478. The van der Waals surface area contributed by atoms with Gasteiger partial charge in [0.1, 0.15) is 5.60 Å². The second-order valence-corrected chi connectivity index (χ2v) is 4.15. The van der Waals surface area contributed by atoms with Crippen LogP contribution >= 0.6 is 0 Å².